The maximum absolute atomic E-state index is 5.82. The van der Waals surface area contributed by atoms with E-state index in [-0.39, 0.29) is 29.6 Å². The van der Waals surface area contributed by atoms with Gasteiger partial charge in [0.1, 0.15) is 0 Å². The van der Waals surface area contributed by atoms with E-state index in [0.29, 0.717) is 6.54 Å². The summed E-state index contributed by atoms with van der Waals surface area (Å²) in [5, 5.41) is 6.72. The molecular weight excluding hydrogens is 415 g/mol. The Balaban J connectivity index is 0.00000288. The summed E-state index contributed by atoms with van der Waals surface area (Å²) in [5.41, 5.74) is 2.33. The number of hydrogen-bond acceptors (Lipinski definition) is 3. The molecule has 136 valence electrons. The first-order valence-electron chi connectivity index (χ1n) is 8.45. The van der Waals surface area contributed by atoms with Gasteiger partial charge in [0.15, 0.2) is 5.96 Å². The topological polar surface area (TPSA) is 48.9 Å². The Morgan fingerprint density at radius 3 is 2.75 bits per heavy atom. The molecule has 24 heavy (non-hydrogen) atoms. The lowest BCUT2D eigenvalue weighted by Crippen LogP contribution is -2.45. The van der Waals surface area contributed by atoms with Crippen LogP contribution in [0.25, 0.3) is 0 Å². The van der Waals surface area contributed by atoms with Gasteiger partial charge in [-0.25, -0.2) is 4.99 Å². The first-order valence-corrected chi connectivity index (χ1v) is 8.45. The van der Waals surface area contributed by atoms with E-state index < -0.39 is 0 Å². The molecule has 0 aliphatic carbocycles. The highest BCUT2D eigenvalue weighted by molar-refractivity contribution is 14.0. The molecule has 5 nitrogen and oxygen atoms in total. The first-order chi connectivity index (χ1) is 11.0. The third-order valence-electron chi connectivity index (χ3n) is 4.12. The summed E-state index contributed by atoms with van der Waals surface area (Å²) in [6.45, 7) is 7.41. The monoisotopic (exact) mass is 446 g/mol. The molecule has 1 heterocycles. The highest BCUT2D eigenvalue weighted by Gasteiger charge is 2.29. The zero-order chi connectivity index (χ0) is 16.7. The van der Waals surface area contributed by atoms with E-state index in [4.69, 9.17) is 9.73 Å². The third kappa shape index (κ3) is 6.47. The molecule has 2 N–H and O–H groups in total. The minimum atomic E-state index is -0.0684. The van der Waals surface area contributed by atoms with Gasteiger partial charge >= 0.3 is 0 Å². The Bertz CT molecular complexity index is 528. The lowest BCUT2D eigenvalue weighted by molar-refractivity contribution is 0.0243. The number of halogens is 1. The molecule has 1 saturated heterocycles. The molecule has 0 aromatic heterocycles. The molecule has 0 amide bonds. The minimum absolute atomic E-state index is 0. The van der Waals surface area contributed by atoms with E-state index >= 15 is 0 Å². The van der Waals surface area contributed by atoms with Crippen LogP contribution in [0.2, 0.25) is 0 Å². The number of rotatable bonds is 6. The van der Waals surface area contributed by atoms with Crippen molar-refractivity contribution >= 4 is 35.6 Å². The lowest BCUT2D eigenvalue weighted by Gasteiger charge is -2.24. The maximum atomic E-state index is 5.82. The molecule has 0 saturated carbocycles. The highest BCUT2D eigenvalue weighted by atomic mass is 127. The second-order valence-electron chi connectivity index (χ2n) is 6.51. The molecule has 0 radical (unpaired) electrons. The fourth-order valence-corrected chi connectivity index (χ4v) is 2.69. The number of nitrogens with one attached hydrogen (secondary N) is 2. The zero-order valence-electron chi connectivity index (χ0n) is 15.3. The second kappa shape index (κ2) is 10.1. The zero-order valence-corrected chi connectivity index (χ0v) is 17.6. The maximum Gasteiger partial charge on any atom is 0.191 e. The molecule has 2 rings (SSSR count). The summed E-state index contributed by atoms with van der Waals surface area (Å²) in [7, 11) is 4.10. The van der Waals surface area contributed by atoms with E-state index in [1.54, 1.807) is 0 Å². The van der Waals surface area contributed by atoms with Crippen LogP contribution in [0, 0.1) is 0 Å². The van der Waals surface area contributed by atoms with Crippen LogP contribution in [-0.2, 0) is 11.3 Å². The van der Waals surface area contributed by atoms with Gasteiger partial charge in [-0.1, -0.05) is 12.1 Å². The van der Waals surface area contributed by atoms with Gasteiger partial charge in [-0.05, 0) is 44.4 Å². The molecule has 0 bridgehead atoms. The van der Waals surface area contributed by atoms with Crippen molar-refractivity contribution in [2.75, 3.05) is 38.7 Å². The van der Waals surface area contributed by atoms with Crippen LogP contribution < -0.4 is 15.5 Å². The van der Waals surface area contributed by atoms with Gasteiger partial charge in [0.2, 0.25) is 0 Å². The first kappa shape index (κ1) is 21.0. The van der Waals surface area contributed by atoms with Gasteiger partial charge in [0.25, 0.3) is 0 Å². The van der Waals surface area contributed by atoms with E-state index in [1.807, 2.05) is 0 Å². The van der Waals surface area contributed by atoms with E-state index in [9.17, 15) is 0 Å². The van der Waals surface area contributed by atoms with Crippen molar-refractivity contribution < 1.29 is 4.74 Å². The van der Waals surface area contributed by atoms with Crippen LogP contribution in [0.5, 0.6) is 0 Å². The molecule has 1 aromatic carbocycles. The fraction of sp³-hybridized carbons (Fsp3) is 0.611. The van der Waals surface area contributed by atoms with Gasteiger partial charge in [-0.3, -0.25) is 0 Å². The third-order valence-corrected chi connectivity index (χ3v) is 4.12. The smallest absolute Gasteiger partial charge is 0.191 e. The Hall–Kier alpha value is -1.02. The van der Waals surface area contributed by atoms with Crippen molar-refractivity contribution in [1.82, 2.24) is 10.6 Å². The molecule has 6 heteroatoms. The Labute approximate surface area is 163 Å². The lowest BCUT2D eigenvalue weighted by atomic mass is 10.0. The molecule has 1 fully saturated rings. The predicted molar refractivity (Wildman–Crippen MR) is 113 cm³/mol. The molecule has 1 atom stereocenters. The average molecular weight is 446 g/mol. The summed E-state index contributed by atoms with van der Waals surface area (Å²) in [4.78, 5) is 6.80. The molecule has 1 aromatic rings. The number of nitrogens with zero attached hydrogens (tertiary/aromatic N) is 2. The van der Waals surface area contributed by atoms with Crippen LogP contribution in [0.1, 0.15) is 32.3 Å². The Morgan fingerprint density at radius 1 is 1.33 bits per heavy atom. The number of aliphatic imine (C=N–C) groups is 1. The van der Waals surface area contributed by atoms with Gasteiger partial charge in [0, 0.05) is 39.5 Å². The van der Waals surface area contributed by atoms with Crippen LogP contribution in [0.4, 0.5) is 5.69 Å². The minimum Gasteiger partial charge on any atom is -0.378 e. The van der Waals surface area contributed by atoms with Crippen molar-refractivity contribution in [1.29, 1.82) is 0 Å². The van der Waals surface area contributed by atoms with Gasteiger partial charge in [0.05, 0.1) is 12.1 Å². The molecule has 1 aliphatic rings. The average Bonchev–Trinajstić information content (AvgIpc) is 2.97. The number of guanidine groups is 1. The number of ether oxygens (including phenoxy) is 1. The van der Waals surface area contributed by atoms with Crippen LogP contribution in [0.15, 0.2) is 29.3 Å². The van der Waals surface area contributed by atoms with Crippen molar-refractivity contribution in [3.05, 3.63) is 29.8 Å². The van der Waals surface area contributed by atoms with Crippen molar-refractivity contribution in [3.63, 3.8) is 0 Å². The number of anilines is 1. The molecular formula is C18H31IN4O. The number of benzene rings is 1. The second-order valence-corrected chi connectivity index (χ2v) is 6.51. The molecule has 1 aliphatic heterocycles. The summed E-state index contributed by atoms with van der Waals surface area (Å²) >= 11 is 0. The van der Waals surface area contributed by atoms with E-state index in [2.05, 4.69) is 67.7 Å². The van der Waals surface area contributed by atoms with Crippen LogP contribution in [0.3, 0.4) is 0 Å². The van der Waals surface area contributed by atoms with E-state index in [0.717, 1.165) is 38.5 Å². The highest BCUT2D eigenvalue weighted by Crippen LogP contribution is 2.23. The van der Waals surface area contributed by atoms with E-state index in [1.165, 1.54) is 11.3 Å². The Kier molecular flexibility index (Phi) is 8.83. The van der Waals surface area contributed by atoms with Crippen molar-refractivity contribution in [2.45, 2.75) is 38.8 Å². The fourth-order valence-electron chi connectivity index (χ4n) is 2.69. The summed E-state index contributed by atoms with van der Waals surface area (Å²) in [6, 6.07) is 8.47. The van der Waals surface area contributed by atoms with Gasteiger partial charge in [-0.15, -0.1) is 24.0 Å². The summed E-state index contributed by atoms with van der Waals surface area (Å²) < 4.78 is 5.82. The van der Waals surface area contributed by atoms with Crippen molar-refractivity contribution in [2.24, 2.45) is 4.99 Å². The summed E-state index contributed by atoms with van der Waals surface area (Å²) in [5.74, 6) is 0.847. The van der Waals surface area contributed by atoms with Gasteiger partial charge < -0.3 is 20.3 Å². The normalized spacial score (nSPS) is 20.4. The largest absolute Gasteiger partial charge is 0.378 e. The SMILES string of the molecule is CCNC(=NCc1cccc(N(C)C)c1)NCC1(C)CCCO1.I. The standard InChI is InChI=1S/C18H30N4O.HI/c1-5-19-17(21-14-18(2)10-7-11-23-18)20-13-15-8-6-9-16(12-15)22(3)4;/h6,8-9,12H,5,7,10-11,13-14H2,1-4H3,(H2,19,20,21);1H. The number of hydrogen-bond donors (Lipinski definition) is 2. The van der Waals surface area contributed by atoms with Gasteiger partial charge in [-0.2, -0.15) is 0 Å². The predicted octanol–water partition coefficient (Wildman–Crippen LogP) is 2.99. The molecule has 1 unspecified atom stereocenters. The van der Waals surface area contributed by atoms with Crippen molar-refractivity contribution in [3.8, 4) is 0 Å². The molecule has 0 spiro atoms. The Morgan fingerprint density at radius 2 is 2.12 bits per heavy atom. The van der Waals surface area contributed by atoms with Crippen LogP contribution >= 0.6 is 24.0 Å². The van der Waals surface area contributed by atoms with Crippen LogP contribution in [-0.4, -0.2) is 45.4 Å². The quantitative estimate of drug-likeness (QED) is 0.401. The summed E-state index contributed by atoms with van der Waals surface area (Å²) in [6.07, 6.45) is 2.24.